The highest BCUT2D eigenvalue weighted by Gasteiger charge is 2.20. The number of esters is 2. The molecule has 3 aromatic carbocycles. The van der Waals surface area contributed by atoms with Crippen LogP contribution in [0.1, 0.15) is 32.5 Å². The lowest BCUT2D eigenvalue weighted by Gasteiger charge is -2.09. The SMILES string of the molecule is CCOC(=O)c1ccc(N=Cc2ccc(OC(=O)c3sc4ccccc4c3Cl)c(OC)c2)cc1. The Kier molecular flexibility index (Phi) is 7.25. The van der Waals surface area contributed by atoms with Gasteiger partial charge in [-0.25, -0.2) is 9.59 Å². The largest absolute Gasteiger partial charge is 0.493 e. The van der Waals surface area contributed by atoms with Crippen LogP contribution in [0.2, 0.25) is 5.02 Å². The van der Waals surface area contributed by atoms with E-state index in [0.29, 0.717) is 33.5 Å². The molecule has 0 amide bonds. The average Bonchev–Trinajstić information content (AvgIpc) is 3.20. The maximum absolute atomic E-state index is 12.8. The lowest BCUT2D eigenvalue weighted by molar-refractivity contribution is 0.0526. The number of aliphatic imine (C=N–C) groups is 1. The summed E-state index contributed by atoms with van der Waals surface area (Å²) in [7, 11) is 1.49. The minimum Gasteiger partial charge on any atom is -0.493 e. The summed E-state index contributed by atoms with van der Waals surface area (Å²) in [5.41, 5.74) is 1.88. The highest BCUT2D eigenvalue weighted by atomic mass is 35.5. The number of halogens is 1. The molecule has 172 valence electrons. The highest BCUT2D eigenvalue weighted by Crippen LogP contribution is 2.37. The Bertz CT molecular complexity index is 1380. The van der Waals surface area contributed by atoms with E-state index in [0.717, 1.165) is 15.6 Å². The predicted octanol–water partition coefficient (Wildman–Crippen LogP) is 6.71. The zero-order valence-corrected chi connectivity index (χ0v) is 20.0. The number of carbonyl (C=O) groups excluding carboxylic acids is 2. The van der Waals surface area contributed by atoms with Crippen molar-refractivity contribution < 1.29 is 23.8 Å². The van der Waals surface area contributed by atoms with Gasteiger partial charge in [-0.3, -0.25) is 4.99 Å². The van der Waals surface area contributed by atoms with Gasteiger partial charge in [-0.15, -0.1) is 11.3 Å². The van der Waals surface area contributed by atoms with E-state index < -0.39 is 5.97 Å². The second-order valence-electron chi connectivity index (χ2n) is 7.07. The fraction of sp³-hybridized carbons (Fsp3) is 0.115. The summed E-state index contributed by atoms with van der Waals surface area (Å²) < 4.78 is 16.9. The van der Waals surface area contributed by atoms with Crippen LogP contribution in [-0.2, 0) is 4.74 Å². The first kappa shape index (κ1) is 23.5. The van der Waals surface area contributed by atoms with Gasteiger partial charge in [0.1, 0.15) is 4.88 Å². The number of benzene rings is 3. The minimum absolute atomic E-state index is 0.275. The quantitative estimate of drug-likeness (QED) is 0.162. The number of thiophene rings is 1. The fourth-order valence-corrected chi connectivity index (χ4v) is 4.57. The Balaban J connectivity index is 1.49. The number of rotatable bonds is 7. The third kappa shape index (κ3) is 5.11. The van der Waals surface area contributed by atoms with Crippen molar-refractivity contribution in [3.63, 3.8) is 0 Å². The molecule has 0 unspecified atom stereocenters. The van der Waals surface area contributed by atoms with E-state index in [1.165, 1.54) is 18.4 Å². The van der Waals surface area contributed by atoms with Gasteiger partial charge >= 0.3 is 11.9 Å². The molecule has 0 radical (unpaired) electrons. The molecule has 1 heterocycles. The van der Waals surface area contributed by atoms with Crippen molar-refractivity contribution in [3.05, 3.63) is 87.8 Å². The number of nitrogens with zero attached hydrogens (tertiary/aromatic N) is 1. The number of hydrogen-bond donors (Lipinski definition) is 0. The van der Waals surface area contributed by atoms with E-state index in [1.54, 1.807) is 55.6 Å². The van der Waals surface area contributed by atoms with Crippen LogP contribution in [0.3, 0.4) is 0 Å². The van der Waals surface area contributed by atoms with E-state index in [1.807, 2.05) is 24.3 Å². The molecule has 1 aromatic heterocycles. The summed E-state index contributed by atoms with van der Waals surface area (Å²) in [5, 5.41) is 1.19. The number of fused-ring (bicyclic) bond motifs is 1. The van der Waals surface area contributed by atoms with Crippen molar-refractivity contribution in [1.29, 1.82) is 0 Å². The Morgan fingerprint density at radius 2 is 1.76 bits per heavy atom. The molecule has 4 aromatic rings. The van der Waals surface area contributed by atoms with Gasteiger partial charge < -0.3 is 14.2 Å². The summed E-state index contributed by atoms with van der Waals surface area (Å²) in [4.78, 5) is 29.3. The number of methoxy groups -OCH3 is 1. The molecular formula is C26H20ClNO5S. The van der Waals surface area contributed by atoms with Crippen LogP contribution in [0.4, 0.5) is 5.69 Å². The normalized spacial score (nSPS) is 11.0. The van der Waals surface area contributed by atoms with Crippen molar-refractivity contribution in [3.8, 4) is 11.5 Å². The average molecular weight is 494 g/mol. The summed E-state index contributed by atoms with van der Waals surface area (Å²) in [5.74, 6) is -0.262. The standard InChI is InChI=1S/C26H20ClNO5S/c1-3-32-25(29)17-9-11-18(12-10-17)28-15-16-8-13-20(21(14-16)31-2)33-26(30)24-23(27)19-6-4-5-7-22(19)34-24/h4-15H,3H2,1-2H3. The summed E-state index contributed by atoms with van der Waals surface area (Å²) in [6, 6.07) is 19.4. The van der Waals surface area contributed by atoms with Crippen molar-refractivity contribution in [2.75, 3.05) is 13.7 Å². The smallest absolute Gasteiger partial charge is 0.355 e. The lowest BCUT2D eigenvalue weighted by atomic mass is 10.2. The van der Waals surface area contributed by atoms with Crippen LogP contribution < -0.4 is 9.47 Å². The zero-order chi connectivity index (χ0) is 24.1. The molecule has 0 aliphatic rings. The molecule has 34 heavy (non-hydrogen) atoms. The lowest BCUT2D eigenvalue weighted by Crippen LogP contribution is -2.08. The molecule has 0 saturated heterocycles. The molecule has 6 nitrogen and oxygen atoms in total. The van der Waals surface area contributed by atoms with E-state index in [9.17, 15) is 9.59 Å². The zero-order valence-electron chi connectivity index (χ0n) is 18.4. The van der Waals surface area contributed by atoms with E-state index in [-0.39, 0.29) is 11.7 Å². The molecule has 4 rings (SSSR count). The molecule has 0 fully saturated rings. The van der Waals surface area contributed by atoms with Crippen LogP contribution in [-0.4, -0.2) is 31.9 Å². The Morgan fingerprint density at radius 1 is 1.00 bits per heavy atom. The van der Waals surface area contributed by atoms with Crippen LogP contribution >= 0.6 is 22.9 Å². The van der Waals surface area contributed by atoms with Gasteiger partial charge in [0, 0.05) is 16.3 Å². The third-order valence-electron chi connectivity index (χ3n) is 4.85. The van der Waals surface area contributed by atoms with Gasteiger partial charge in [0.25, 0.3) is 0 Å². The highest BCUT2D eigenvalue weighted by molar-refractivity contribution is 7.21. The van der Waals surface area contributed by atoms with Crippen LogP contribution in [0.15, 0.2) is 71.7 Å². The molecule has 8 heteroatoms. The third-order valence-corrected chi connectivity index (χ3v) is 6.51. The number of hydrogen-bond acceptors (Lipinski definition) is 7. The van der Waals surface area contributed by atoms with Crippen LogP contribution in [0.5, 0.6) is 11.5 Å². The minimum atomic E-state index is -0.549. The van der Waals surface area contributed by atoms with Crippen molar-refractivity contribution in [1.82, 2.24) is 0 Å². The van der Waals surface area contributed by atoms with Crippen molar-refractivity contribution >= 4 is 56.9 Å². The molecule has 0 N–H and O–H groups in total. The maximum atomic E-state index is 12.8. The Hall–Kier alpha value is -3.68. The van der Waals surface area contributed by atoms with E-state index >= 15 is 0 Å². The van der Waals surface area contributed by atoms with Crippen molar-refractivity contribution in [2.24, 2.45) is 4.99 Å². The molecule has 0 atom stereocenters. The first-order chi connectivity index (χ1) is 16.5. The maximum Gasteiger partial charge on any atom is 0.355 e. The van der Waals surface area contributed by atoms with Gasteiger partial charge in [0.15, 0.2) is 11.5 Å². The molecule has 0 spiro atoms. The van der Waals surface area contributed by atoms with Gasteiger partial charge in [0.05, 0.1) is 30.0 Å². The Morgan fingerprint density at radius 3 is 2.47 bits per heavy atom. The van der Waals surface area contributed by atoms with Gasteiger partial charge in [0.2, 0.25) is 0 Å². The number of ether oxygens (including phenoxy) is 3. The molecule has 0 bridgehead atoms. The predicted molar refractivity (Wildman–Crippen MR) is 134 cm³/mol. The van der Waals surface area contributed by atoms with Crippen LogP contribution in [0.25, 0.3) is 10.1 Å². The summed E-state index contributed by atoms with van der Waals surface area (Å²) >= 11 is 7.68. The van der Waals surface area contributed by atoms with Crippen molar-refractivity contribution in [2.45, 2.75) is 6.92 Å². The molecule has 0 aliphatic heterocycles. The van der Waals surface area contributed by atoms with Gasteiger partial charge in [-0.1, -0.05) is 29.8 Å². The molecule has 0 aliphatic carbocycles. The van der Waals surface area contributed by atoms with E-state index in [2.05, 4.69) is 4.99 Å². The molecule has 0 saturated carbocycles. The summed E-state index contributed by atoms with van der Waals surface area (Å²) in [6.45, 7) is 2.08. The second-order valence-corrected chi connectivity index (χ2v) is 8.50. The summed E-state index contributed by atoms with van der Waals surface area (Å²) in [6.07, 6.45) is 1.65. The Labute approximate surface area is 205 Å². The molecular weight excluding hydrogens is 474 g/mol. The first-order valence-electron chi connectivity index (χ1n) is 10.4. The monoisotopic (exact) mass is 493 g/mol. The second kappa shape index (κ2) is 10.5. The number of carbonyl (C=O) groups is 2. The van der Waals surface area contributed by atoms with Gasteiger partial charge in [-0.2, -0.15) is 0 Å². The fourth-order valence-electron chi connectivity index (χ4n) is 3.19. The first-order valence-corrected chi connectivity index (χ1v) is 11.6. The van der Waals surface area contributed by atoms with Gasteiger partial charge in [-0.05, 0) is 61.0 Å². The van der Waals surface area contributed by atoms with E-state index in [4.69, 9.17) is 25.8 Å². The van der Waals surface area contributed by atoms with Crippen LogP contribution in [0, 0.1) is 0 Å². The topological polar surface area (TPSA) is 74.2 Å².